The van der Waals surface area contributed by atoms with Crippen molar-refractivity contribution in [2.75, 3.05) is 38.0 Å². The van der Waals surface area contributed by atoms with Crippen LogP contribution in [0.1, 0.15) is 12.0 Å². The van der Waals surface area contributed by atoms with Gasteiger partial charge in [0.1, 0.15) is 0 Å². The van der Waals surface area contributed by atoms with Crippen LogP contribution >= 0.6 is 11.6 Å². The van der Waals surface area contributed by atoms with Crippen molar-refractivity contribution in [1.82, 2.24) is 24.8 Å². The van der Waals surface area contributed by atoms with E-state index in [1.807, 2.05) is 11.0 Å². The normalized spacial score (nSPS) is 23.9. The van der Waals surface area contributed by atoms with Crippen molar-refractivity contribution >= 4 is 33.3 Å². The number of piperazine rings is 1. The molecule has 2 saturated heterocycles. The fourth-order valence-electron chi connectivity index (χ4n) is 4.42. The highest BCUT2D eigenvalue weighted by Gasteiger charge is 2.46. The average molecular weight is 561 g/mol. The van der Waals surface area contributed by atoms with Crippen molar-refractivity contribution in [3.63, 3.8) is 0 Å². The standard InChI is InChI=1S/C23H28ClF3N6O3S/c24-20-12-17(23(25,26)27)15-29-21(20)32-8-10-33(11-9-32)37(35,36)19-5-3-18(4-6-19)31-22(34)30-14-16-2-1-7-28-13-16/h1-7,13,17,20-21,29H,8-12,14-15H2,(H2,30,31,34). The SMILES string of the molecule is O=C(NCc1cccnc1)Nc1ccc(S(=O)(=O)N2CCN(C3NCC(C(F)(F)F)CC3Cl)CC2)cc1. The zero-order valence-electron chi connectivity index (χ0n) is 19.8. The number of alkyl halides is 4. The second-order valence-corrected chi connectivity index (χ2v) is 11.5. The maximum Gasteiger partial charge on any atom is 0.393 e. The van der Waals surface area contributed by atoms with Crippen LogP contribution in [0, 0.1) is 5.92 Å². The van der Waals surface area contributed by atoms with Gasteiger partial charge >= 0.3 is 12.2 Å². The number of halogens is 4. The fourth-order valence-corrected chi connectivity index (χ4v) is 6.31. The average Bonchev–Trinajstić information content (AvgIpc) is 2.88. The van der Waals surface area contributed by atoms with E-state index < -0.39 is 39.7 Å². The number of carbonyl (C=O) groups excluding carboxylic acids is 1. The lowest BCUT2D eigenvalue weighted by atomic mass is 9.96. The van der Waals surface area contributed by atoms with Crippen LogP contribution in [-0.2, 0) is 16.6 Å². The predicted molar refractivity (Wildman–Crippen MR) is 132 cm³/mol. The molecule has 37 heavy (non-hydrogen) atoms. The molecule has 3 N–H and O–H groups in total. The number of carbonyl (C=O) groups is 1. The number of benzene rings is 1. The van der Waals surface area contributed by atoms with Gasteiger partial charge in [-0.2, -0.15) is 17.5 Å². The number of nitrogens with zero attached hydrogens (tertiary/aromatic N) is 3. The molecule has 1 aromatic carbocycles. The highest BCUT2D eigenvalue weighted by Crippen LogP contribution is 2.35. The number of urea groups is 1. The molecule has 1 aromatic heterocycles. The smallest absolute Gasteiger partial charge is 0.334 e. The Morgan fingerprint density at radius 1 is 1.14 bits per heavy atom. The Morgan fingerprint density at radius 3 is 2.43 bits per heavy atom. The second kappa shape index (κ2) is 11.5. The number of hydrogen-bond donors (Lipinski definition) is 3. The third-order valence-electron chi connectivity index (χ3n) is 6.48. The van der Waals surface area contributed by atoms with Gasteiger partial charge in [-0.25, -0.2) is 13.2 Å². The third kappa shape index (κ3) is 6.90. The number of rotatable bonds is 6. The third-order valence-corrected chi connectivity index (χ3v) is 8.81. The topological polar surface area (TPSA) is 107 Å². The Kier molecular flexibility index (Phi) is 8.59. The quantitative estimate of drug-likeness (QED) is 0.469. The number of hydrogen-bond acceptors (Lipinski definition) is 6. The summed E-state index contributed by atoms with van der Waals surface area (Å²) in [5, 5.41) is 7.50. The Bertz CT molecular complexity index is 1160. The number of nitrogens with one attached hydrogen (secondary N) is 3. The first-order valence-electron chi connectivity index (χ1n) is 11.8. The first-order valence-corrected chi connectivity index (χ1v) is 13.6. The van der Waals surface area contributed by atoms with Crippen molar-refractivity contribution in [2.24, 2.45) is 5.92 Å². The summed E-state index contributed by atoms with van der Waals surface area (Å²) >= 11 is 6.27. The molecule has 202 valence electrons. The van der Waals surface area contributed by atoms with E-state index in [0.717, 1.165) is 5.56 Å². The van der Waals surface area contributed by atoms with E-state index in [1.165, 1.54) is 28.6 Å². The van der Waals surface area contributed by atoms with Crippen LogP contribution in [0.2, 0.25) is 0 Å². The highest BCUT2D eigenvalue weighted by molar-refractivity contribution is 7.89. The van der Waals surface area contributed by atoms with E-state index in [-0.39, 0.29) is 31.0 Å². The van der Waals surface area contributed by atoms with E-state index in [4.69, 9.17) is 11.6 Å². The molecule has 3 heterocycles. The molecule has 2 fully saturated rings. The summed E-state index contributed by atoms with van der Waals surface area (Å²) in [7, 11) is -3.78. The van der Waals surface area contributed by atoms with Crippen LogP contribution in [0.15, 0.2) is 53.7 Å². The van der Waals surface area contributed by atoms with Crippen molar-refractivity contribution in [1.29, 1.82) is 0 Å². The van der Waals surface area contributed by atoms with Crippen LogP contribution in [0.3, 0.4) is 0 Å². The summed E-state index contributed by atoms with van der Waals surface area (Å²) in [6.45, 7) is 1.13. The van der Waals surface area contributed by atoms with Crippen molar-refractivity contribution < 1.29 is 26.4 Å². The molecule has 14 heteroatoms. The van der Waals surface area contributed by atoms with Crippen LogP contribution in [0.25, 0.3) is 0 Å². The van der Waals surface area contributed by atoms with Crippen LogP contribution < -0.4 is 16.0 Å². The number of amides is 2. The number of anilines is 1. The van der Waals surface area contributed by atoms with Crippen LogP contribution in [0.4, 0.5) is 23.7 Å². The summed E-state index contributed by atoms with van der Waals surface area (Å²) in [6.07, 6.45) is -1.64. The Labute approximate surface area is 218 Å². The first kappa shape index (κ1) is 27.6. The van der Waals surface area contributed by atoms with Gasteiger partial charge in [0.15, 0.2) is 0 Å². The zero-order valence-corrected chi connectivity index (χ0v) is 21.4. The molecule has 3 unspecified atom stereocenters. The molecule has 9 nitrogen and oxygen atoms in total. The van der Waals surface area contributed by atoms with Gasteiger partial charge < -0.3 is 10.6 Å². The molecule has 0 aliphatic carbocycles. The minimum Gasteiger partial charge on any atom is -0.334 e. The minimum atomic E-state index is -4.30. The fraction of sp³-hybridized carbons (Fsp3) is 0.478. The summed E-state index contributed by atoms with van der Waals surface area (Å²) < 4.78 is 66.6. The van der Waals surface area contributed by atoms with E-state index in [1.54, 1.807) is 18.5 Å². The van der Waals surface area contributed by atoms with Crippen LogP contribution in [0.5, 0.6) is 0 Å². The van der Waals surface area contributed by atoms with Crippen molar-refractivity contribution in [3.05, 3.63) is 54.4 Å². The lowest BCUT2D eigenvalue weighted by molar-refractivity contribution is -0.181. The van der Waals surface area contributed by atoms with E-state index in [9.17, 15) is 26.4 Å². The number of piperidine rings is 1. The Hall–Kier alpha value is -2.45. The lowest BCUT2D eigenvalue weighted by Gasteiger charge is -2.44. The molecule has 2 aliphatic rings. The van der Waals surface area contributed by atoms with Gasteiger partial charge in [0.05, 0.1) is 22.4 Å². The molecule has 4 rings (SSSR count). The summed E-state index contributed by atoms with van der Waals surface area (Å²) in [5.41, 5.74) is 1.27. The molecular formula is C23H28ClF3N6O3S. The Morgan fingerprint density at radius 2 is 1.84 bits per heavy atom. The molecule has 0 saturated carbocycles. The number of pyridine rings is 1. The lowest BCUT2D eigenvalue weighted by Crippen LogP contribution is -2.62. The molecule has 2 amide bonds. The maximum atomic E-state index is 13.1. The van der Waals surface area contributed by atoms with Gasteiger partial charge in [-0.05, 0) is 42.3 Å². The van der Waals surface area contributed by atoms with Crippen molar-refractivity contribution in [3.8, 4) is 0 Å². The number of sulfonamides is 1. The Balaban J connectivity index is 1.28. The summed E-state index contributed by atoms with van der Waals surface area (Å²) in [6, 6.07) is 9.02. The van der Waals surface area contributed by atoms with E-state index in [2.05, 4.69) is 20.9 Å². The van der Waals surface area contributed by atoms with Gasteiger partial charge in [-0.1, -0.05) is 6.07 Å². The van der Waals surface area contributed by atoms with Crippen LogP contribution in [-0.4, -0.2) is 79.1 Å². The van der Waals surface area contributed by atoms with E-state index in [0.29, 0.717) is 25.3 Å². The second-order valence-electron chi connectivity index (χ2n) is 8.98. The van der Waals surface area contributed by atoms with Gasteiger partial charge in [-0.3, -0.25) is 15.2 Å². The predicted octanol–water partition coefficient (Wildman–Crippen LogP) is 2.81. The van der Waals surface area contributed by atoms with Gasteiger partial charge in [-0.15, -0.1) is 11.6 Å². The molecule has 2 aliphatic heterocycles. The van der Waals surface area contributed by atoms with Gasteiger partial charge in [0, 0.05) is 57.3 Å². The first-order chi connectivity index (χ1) is 17.5. The zero-order chi connectivity index (χ0) is 26.6. The largest absolute Gasteiger partial charge is 0.393 e. The molecule has 0 radical (unpaired) electrons. The van der Waals surface area contributed by atoms with Crippen molar-refractivity contribution in [2.45, 2.75) is 35.6 Å². The maximum absolute atomic E-state index is 13.1. The van der Waals surface area contributed by atoms with E-state index >= 15 is 0 Å². The van der Waals surface area contributed by atoms with Gasteiger partial charge in [0.25, 0.3) is 0 Å². The molecule has 3 atom stereocenters. The molecule has 2 aromatic rings. The summed E-state index contributed by atoms with van der Waals surface area (Å²) in [4.78, 5) is 18.1. The molecular weight excluding hydrogens is 533 g/mol. The molecule has 0 spiro atoms. The monoisotopic (exact) mass is 560 g/mol. The minimum absolute atomic E-state index is 0.0845. The number of aromatic nitrogens is 1. The highest BCUT2D eigenvalue weighted by atomic mass is 35.5. The summed E-state index contributed by atoms with van der Waals surface area (Å²) in [5.74, 6) is -1.49. The van der Waals surface area contributed by atoms with Gasteiger partial charge in [0.2, 0.25) is 10.0 Å². The molecule has 0 bridgehead atoms.